The Bertz CT molecular complexity index is 806. The first-order valence-electron chi connectivity index (χ1n) is 8.45. The molecule has 0 amide bonds. The van der Waals surface area contributed by atoms with E-state index in [-0.39, 0.29) is 11.8 Å². The van der Waals surface area contributed by atoms with E-state index >= 15 is 0 Å². The number of nitrogens with one attached hydrogen (secondary N) is 1. The summed E-state index contributed by atoms with van der Waals surface area (Å²) in [7, 11) is 3.24. The number of alkyl halides is 3. The number of hydrogen-bond donors (Lipinski definition) is 1. The Balaban J connectivity index is 1.87. The Labute approximate surface area is 155 Å². The van der Waals surface area contributed by atoms with Crippen molar-refractivity contribution in [1.29, 1.82) is 0 Å². The SMILES string of the molecule is Cc1nc(N2CCOCC2)ccc1Nc1nc(N(C)C)cc(C(F)(F)F)n1. The Kier molecular flexibility index (Phi) is 5.36. The van der Waals surface area contributed by atoms with Crippen molar-refractivity contribution in [3.63, 3.8) is 0 Å². The van der Waals surface area contributed by atoms with Gasteiger partial charge in [-0.15, -0.1) is 0 Å². The summed E-state index contributed by atoms with van der Waals surface area (Å²) >= 11 is 0. The maximum atomic E-state index is 13.1. The minimum atomic E-state index is -4.56. The molecule has 0 bridgehead atoms. The normalized spacial score (nSPS) is 15.0. The van der Waals surface area contributed by atoms with E-state index in [2.05, 4.69) is 25.2 Å². The number of pyridine rings is 1. The topological polar surface area (TPSA) is 66.4 Å². The fraction of sp³-hybridized carbons (Fsp3) is 0.471. The van der Waals surface area contributed by atoms with E-state index < -0.39 is 11.9 Å². The second-order valence-electron chi connectivity index (χ2n) is 6.35. The minimum Gasteiger partial charge on any atom is -0.378 e. The van der Waals surface area contributed by atoms with Gasteiger partial charge in [0.15, 0.2) is 5.69 Å². The van der Waals surface area contributed by atoms with Gasteiger partial charge in [0, 0.05) is 33.3 Å². The van der Waals surface area contributed by atoms with E-state index in [9.17, 15) is 13.2 Å². The van der Waals surface area contributed by atoms with Crippen LogP contribution in [-0.4, -0.2) is 55.4 Å². The van der Waals surface area contributed by atoms with Crippen LogP contribution in [-0.2, 0) is 10.9 Å². The molecule has 3 rings (SSSR count). The van der Waals surface area contributed by atoms with Crippen LogP contribution in [0.2, 0.25) is 0 Å². The lowest BCUT2D eigenvalue weighted by molar-refractivity contribution is -0.141. The average Bonchev–Trinajstić information content (AvgIpc) is 2.63. The van der Waals surface area contributed by atoms with Gasteiger partial charge >= 0.3 is 6.18 Å². The zero-order valence-electron chi connectivity index (χ0n) is 15.3. The van der Waals surface area contributed by atoms with Crippen LogP contribution in [0.15, 0.2) is 18.2 Å². The van der Waals surface area contributed by atoms with Crippen LogP contribution >= 0.6 is 0 Å². The average molecular weight is 382 g/mol. The molecule has 146 valence electrons. The number of hydrogen-bond acceptors (Lipinski definition) is 7. The van der Waals surface area contributed by atoms with E-state index in [1.165, 1.54) is 4.90 Å². The van der Waals surface area contributed by atoms with Crippen LogP contribution in [0.4, 0.5) is 36.4 Å². The third-order valence-corrected chi connectivity index (χ3v) is 4.11. The lowest BCUT2D eigenvalue weighted by atomic mass is 10.3. The smallest absolute Gasteiger partial charge is 0.378 e. The number of morpholine rings is 1. The molecule has 0 spiro atoms. The molecule has 1 aliphatic heterocycles. The molecule has 3 heterocycles. The van der Waals surface area contributed by atoms with E-state index in [0.717, 1.165) is 25.0 Å². The summed E-state index contributed by atoms with van der Waals surface area (Å²) in [5.41, 5.74) is 0.196. The Morgan fingerprint density at radius 3 is 2.41 bits per heavy atom. The highest BCUT2D eigenvalue weighted by atomic mass is 19.4. The summed E-state index contributed by atoms with van der Waals surface area (Å²) in [6.07, 6.45) is -4.56. The van der Waals surface area contributed by atoms with Crippen LogP contribution in [0.25, 0.3) is 0 Å². The number of aryl methyl sites for hydroxylation is 1. The molecule has 27 heavy (non-hydrogen) atoms. The van der Waals surface area contributed by atoms with Crippen molar-refractivity contribution in [1.82, 2.24) is 15.0 Å². The summed E-state index contributed by atoms with van der Waals surface area (Å²) in [5.74, 6) is 0.841. The van der Waals surface area contributed by atoms with E-state index in [1.807, 2.05) is 6.07 Å². The minimum absolute atomic E-state index is 0.127. The fourth-order valence-electron chi connectivity index (χ4n) is 2.63. The molecule has 1 N–H and O–H groups in total. The molecular weight excluding hydrogens is 361 g/mol. The monoisotopic (exact) mass is 382 g/mol. The van der Waals surface area contributed by atoms with Crippen molar-refractivity contribution in [3.8, 4) is 0 Å². The molecule has 0 aromatic carbocycles. The van der Waals surface area contributed by atoms with Crippen molar-refractivity contribution >= 4 is 23.3 Å². The zero-order chi connectivity index (χ0) is 19.6. The largest absolute Gasteiger partial charge is 0.433 e. The lowest BCUT2D eigenvalue weighted by Crippen LogP contribution is -2.36. The van der Waals surface area contributed by atoms with Gasteiger partial charge < -0.3 is 19.9 Å². The first-order valence-corrected chi connectivity index (χ1v) is 8.45. The van der Waals surface area contributed by atoms with Gasteiger partial charge in [-0.1, -0.05) is 0 Å². The number of halogens is 3. The first-order chi connectivity index (χ1) is 12.7. The third kappa shape index (κ3) is 4.57. The number of ether oxygens (including phenoxy) is 1. The standard InChI is InChI=1S/C17H21F3N6O/c1-11-12(4-5-14(21-11)26-6-8-27-9-7-26)22-16-23-13(17(18,19)20)10-15(24-16)25(2)3/h4-5,10H,6-9H2,1-3H3,(H,22,23,24). The highest BCUT2D eigenvalue weighted by molar-refractivity contribution is 5.60. The Morgan fingerprint density at radius 1 is 1.11 bits per heavy atom. The van der Waals surface area contributed by atoms with Gasteiger partial charge in [-0.25, -0.2) is 9.97 Å². The van der Waals surface area contributed by atoms with E-state index in [0.29, 0.717) is 24.6 Å². The fourth-order valence-corrected chi connectivity index (χ4v) is 2.63. The molecule has 0 aliphatic carbocycles. The summed E-state index contributed by atoms with van der Waals surface area (Å²) in [6, 6.07) is 4.50. The molecule has 2 aromatic heterocycles. The summed E-state index contributed by atoms with van der Waals surface area (Å²) in [4.78, 5) is 15.9. The van der Waals surface area contributed by atoms with Gasteiger partial charge in [-0.3, -0.25) is 0 Å². The molecular formula is C17H21F3N6O. The van der Waals surface area contributed by atoms with Gasteiger partial charge in [-0.05, 0) is 19.1 Å². The second-order valence-corrected chi connectivity index (χ2v) is 6.35. The van der Waals surface area contributed by atoms with Crippen molar-refractivity contribution < 1.29 is 17.9 Å². The highest BCUT2D eigenvalue weighted by Crippen LogP contribution is 2.31. The lowest BCUT2D eigenvalue weighted by Gasteiger charge is -2.28. The summed E-state index contributed by atoms with van der Waals surface area (Å²) < 4.78 is 44.7. The van der Waals surface area contributed by atoms with Gasteiger partial charge in [0.05, 0.1) is 24.6 Å². The van der Waals surface area contributed by atoms with E-state index in [1.54, 1.807) is 27.1 Å². The van der Waals surface area contributed by atoms with Crippen LogP contribution in [0, 0.1) is 6.92 Å². The predicted molar refractivity (Wildman–Crippen MR) is 96.6 cm³/mol. The van der Waals surface area contributed by atoms with Gasteiger partial charge in [0.2, 0.25) is 5.95 Å². The van der Waals surface area contributed by atoms with Crippen molar-refractivity contribution in [3.05, 3.63) is 29.6 Å². The summed E-state index contributed by atoms with van der Waals surface area (Å²) in [6.45, 7) is 4.58. The van der Waals surface area contributed by atoms with Crippen molar-refractivity contribution in [2.75, 3.05) is 55.5 Å². The number of aromatic nitrogens is 3. The molecule has 0 radical (unpaired) electrons. The number of rotatable bonds is 4. The number of anilines is 4. The quantitative estimate of drug-likeness (QED) is 0.872. The Hall–Kier alpha value is -2.62. The molecule has 0 atom stereocenters. The maximum absolute atomic E-state index is 13.1. The molecule has 1 aliphatic rings. The van der Waals surface area contributed by atoms with E-state index in [4.69, 9.17) is 4.74 Å². The van der Waals surface area contributed by atoms with Gasteiger partial charge in [0.1, 0.15) is 11.6 Å². The van der Waals surface area contributed by atoms with Gasteiger partial charge in [0.25, 0.3) is 0 Å². The van der Waals surface area contributed by atoms with Crippen molar-refractivity contribution in [2.24, 2.45) is 0 Å². The van der Waals surface area contributed by atoms with Crippen LogP contribution in [0.1, 0.15) is 11.4 Å². The molecule has 0 saturated carbocycles. The molecule has 1 fully saturated rings. The highest BCUT2D eigenvalue weighted by Gasteiger charge is 2.34. The third-order valence-electron chi connectivity index (χ3n) is 4.11. The molecule has 0 unspecified atom stereocenters. The molecule has 1 saturated heterocycles. The number of nitrogens with zero attached hydrogens (tertiary/aromatic N) is 5. The first kappa shape index (κ1) is 19.2. The van der Waals surface area contributed by atoms with Crippen LogP contribution < -0.4 is 15.1 Å². The maximum Gasteiger partial charge on any atom is 0.433 e. The Morgan fingerprint density at radius 2 is 1.81 bits per heavy atom. The van der Waals surface area contributed by atoms with Crippen LogP contribution in [0.5, 0.6) is 0 Å². The molecule has 7 nitrogen and oxygen atoms in total. The molecule has 10 heteroatoms. The van der Waals surface area contributed by atoms with Gasteiger partial charge in [-0.2, -0.15) is 18.2 Å². The second kappa shape index (κ2) is 7.55. The van der Waals surface area contributed by atoms with Crippen molar-refractivity contribution in [2.45, 2.75) is 13.1 Å². The molecule has 2 aromatic rings. The summed E-state index contributed by atoms with van der Waals surface area (Å²) in [5, 5.41) is 2.86. The van der Waals surface area contributed by atoms with Crippen LogP contribution in [0.3, 0.4) is 0 Å². The zero-order valence-corrected chi connectivity index (χ0v) is 15.3. The predicted octanol–water partition coefficient (Wildman–Crippen LogP) is 2.85.